The van der Waals surface area contributed by atoms with Crippen LogP contribution in [-0.4, -0.2) is 175 Å². The van der Waals surface area contributed by atoms with Gasteiger partial charge in [-0.05, 0) is 73.4 Å². The Bertz CT molecular complexity index is 1640. The third-order valence-electron chi connectivity index (χ3n) is 11.7. The highest BCUT2D eigenvalue weighted by Crippen LogP contribution is 2.37. The standard InChI is InChI=1S/C16H22O5.C14H20O4.C10H18O4.C6H12O5/c1-10-15(19-9-13-7-5-4-6-8-13)14(18)16(11(2)20-10)21-12(3)17;1-9-12(15)13(16)14(10(2)18-9)17-8-11-6-4-3-5-7-11;1-5-7(11)9-8(6(2)12-5)13-10(3,4)14-9;1-2-3(7)4(8)5(9)6(10)11-2/h4-8,10-11,14-16,18H,9H2,1-3H3;3-7,9-10,12-16H,8H2,1-2H3;5-9,11H,1-4H3;2-10H,1H3/t10?,11-,14-,15-,16?;9-,10?,12?,13+,14-;5?,6-,7-,8?,9-;2?,3-,4-,5?,6?/m0000/s1. The average Bonchev–Trinajstić information content (AvgIpc) is 3.59. The summed E-state index contributed by atoms with van der Waals surface area (Å²) >= 11 is 0. The first-order valence-corrected chi connectivity index (χ1v) is 21.9. The highest BCUT2D eigenvalue weighted by atomic mass is 16.8. The molecule has 2 aromatic carbocycles. The third kappa shape index (κ3) is 14.6. The second kappa shape index (κ2) is 24.3. The summed E-state index contributed by atoms with van der Waals surface area (Å²) in [5.74, 6) is -1.05. The second-order valence-electron chi connectivity index (χ2n) is 17.5. The van der Waals surface area contributed by atoms with E-state index in [0.717, 1.165) is 11.1 Å². The predicted octanol–water partition coefficient (Wildman–Crippen LogP) is 1.25. The van der Waals surface area contributed by atoms with Crippen LogP contribution < -0.4 is 0 Å². The molecule has 18 nitrogen and oxygen atoms in total. The molecule has 2 aromatic rings. The maximum Gasteiger partial charge on any atom is 0.303 e. The summed E-state index contributed by atoms with van der Waals surface area (Å²) in [7, 11) is 0. The maximum atomic E-state index is 11.1. The van der Waals surface area contributed by atoms with Gasteiger partial charge in [0.25, 0.3) is 0 Å². The molecule has 0 radical (unpaired) electrons. The quantitative estimate of drug-likeness (QED) is 0.182. The predicted molar refractivity (Wildman–Crippen MR) is 228 cm³/mol. The summed E-state index contributed by atoms with van der Waals surface area (Å²) in [4.78, 5) is 11.1. The first-order valence-electron chi connectivity index (χ1n) is 21.9. The number of esters is 1. The number of ether oxygens (including phenoxy) is 9. The molecule has 0 aromatic heterocycles. The van der Waals surface area contributed by atoms with E-state index >= 15 is 0 Å². The molecule has 5 saturated heterocycles. The minimum Gasteiger partial charge on any atom is -0.457 e. The van der Waals surface area contributed by atoms with Gasteiger partial charge < -0.3 is 83.5 Å². The van der Waals surface area contributed by atoms with Crippen molar-refractivity contribution in [3.8, 4) is 0 Å². The van der Waals surface area contributed by atoms with Crippen LogP contribution in [0.2, 0.25) is 0 Å². The lowest BCUT2D eigenvalue weighted by molar-refractivity contribution is -0.277. The van der Waals surface area contributed by atoms with Crippen molar-refractivity contribution in [3.63, 3.8) is 0 Å². The van der Waals surface area contributed by atoms with E-state index in [9.17, 15) is 25.2 Å². The molecular weight excluding hydrogens is 840 g/mol. The van der Waals surface area contributed by atoms with Gasteiger partial charge in [0.05, 0.1) is 55.9 Å². The normalized spacial score (nSPS) is 41.3. The summed E-state index contributed by atoms with van der Waals surface area (Å²) in [6.45, 7) is 18.3. The molecule has 20 atom stereocenters. The van der Waals surface area contributed by atoms with Crippen molar-refractivity contribution >= 4 is 5.97 Å². The van der Waals surface area contributed by atoms with Gasteiger partial charge in [0, 0.05) is 6.92 Å². The largest absolute Gasteiger partial charge is 0.457 e. The van der Waals surface area contributed by atoms with Gasteiger partial charge in [-0.15, -0.1) is 0 Å². The molecule has 0 aliphatic carbocycles. The van der Waals surface area contributed by atoms with E-state index in [4.69, 9.17) is 58.3 Å². The van der Waals surface area contributed by atoms with Crippen LogP contribution in [0.4, 0.5) is 0 Å². The first-order chi connectivity index (χ1) is 30.0. The molecule has 9 unspecified atom stereocenters. The Kier molecular flexibility index (Phi) is 20.5. The summed E-state index contributed by atoms with van der Waals surface area (Å²) in [5, 5.41) is 76.0. The number of carbonyl (C=O) groups excluding carboxylic acids is 1. The van der Waals surface area contributed by atoms with Crippen LogP contribution in [-0.2, 0) is 60.6 Å². The van der Waals surface area contributed by atoms with E-state index in [-0.39, 0.29) is 48.8 Å². The number of fused-ring (bicyclic) bond motifs is 1. The van der Waals surface area contributed by atoms with Crippen LogP contribution in [0, 0.1) is 0 Å². The molecule has 0 bridgehead atoms. The highest BCUT2D eigenvalue weighted by Gasteiger charge is 2.52. The molecule has 0 amide bonds. The lowest BCUT2D eigenvalue weighted by atomic mass is 9.96. The number of benzene rings is 2. The fraction of sp³-hybridized carbons (Fsp3) is 0.717. The monoisotopic (exact) mass is 912 g/mol. The van der Waals surface area contributed by atoms with Gasteiger partial charge in [0.2, 0.25) is 0 Å². The summed E-state index contributed by atoms with van der Waals surface area (Å²) < 4.78 is 49.4. The van der Waals surface area contributed by atoms with E-state index in [1.165, 1.54) is 13.8 Å². The highest BCUT2D eigenvalue weighted by molar-refractivity contribution is 5.66. The first kappa shape index (κ1) is 53.9. The molecule has 0 spiro atoms. The fourth-order valence-electron chi connectivity index (χ4n) is 8.08. The Morgan fingerprint density at radius 2 is 0.891 bits per heavy atom. The topological polar surface area (TPSA) is 262 Å². The second-order valence-corrected chi connectivity index (χ2v) is 17.5. The van der Waals surface area contributed by atoms with Crippen molar-refractivity contribution in [1.82, 2.24) is 0 Å². The van der Waals surface area contributed by atoms with Crippen LogP contribution in [0.3, 0.4) is 0 Å². The van der Waals surface area contributed by atoms with Gasteiger partial charge in [0.15, 0.2) is 18.2 Å². The number of aliphatic hydroxyl groups excluding tert-OH is 8. The summed E-state index contributed by atoms with van der Waals surface area (Å²) in [6.07, 6.45) is -12.9. The van der Waals surface area contributed by atoms with Crippen LogP contribution in [0.25, 0.3) is 0 Å². The Balaban J connectivity index is 0.000000192. The van der Waals surface area contributed by atoms with E-state index in [1.54, 1.807) is 13.8 Å². The number of rotatable bonds is 7. The fourth-order valence-corrected chi connectivity index (χ4v) is 8.08. The van der Waals surface area contributed by atoms with Crippen molar-refractivity contribution in [2.75, 3.05) is 0 Å². The summed E-state index contributed by atoms with van der Waals surface area (Å²) in [6, 6.07) is 19.4. The average molecular weight is 913 g/mol. The van der Waals surface area contributed by atoms with Crippen molar-refractivity contribution in [2.45, 2.75) is 211 Å². The van der Waals surface area contributed by atoms with Gasteiger partial charge in [-0.1, -0.05) is 60.7 Å². The van der Waals surface area contributed by atoms with Crippen LogP contribution in [0.1, 0.15) is 80.4 Å². The lowest BCUT2D eigenvalue weighted by Crippen LogP contribution is -2.57. The minimum atomic E-state index is -1.43. The molecule has 8 N–H and O–H groups in total. The van der Waals surface area contributed by atoms with E-state index in [2.05, 4.69) is 4.74 Å². The number of hydrogen-bond donors (Lipinski definition) is 8. The van der Waals surface area contributed by atoms with Crippen molar-refractivity contribution in [3.05, 3.63) is 71.8 Å². The molecule has 0 saturated carbocycles. The Morgan fingerprint density at radius 3 is 1.41 bits per heavy atom. The van der Waals surface area contributed by atoms with Crippen molar-refractivity contribution < 1.29 is 88.3 Å². The SMILES string of the molecule is CC(=O)OC1[C@H](C)OC(C)[C@H](OCc2ccccc2)[C@@H]1O.CC1OC(O)C(O)[C@@H](O)[C@H]1O.CC1O[C@@H](C)C(O)[C@@H](O)[C@H]1OCc1ccccc1.CC1O[C@@H](C)C2OC(C)(C)O[C@H]2[C@H]1O. The van der Waals surface area contributed by atoms with Crippen molar-refractivity contribution in [2.24, 2.45) is 0 Å². The van der Waals surface area contributed by atoms with Crippen LogP contribution >= 0.6 is 0 Å². The Morgan fingerprint density at radius 1 is 0.484 bits per heavy atom. The molecule has 5 fully saturated rings. The Labute approximate surface area is 375 Å². The van der Waals surface area contributed by atoms with Gasteiger partial charge in [0.1, 0.15) is 67.1 Å². The molecule has 364 valence electrons. The molecule has 5 aliphatic rings. The smallest absolute Gasteiger partial charge is 0.303 e. The van der Waals surface area contributed by atoms with Gasteiger partial charge >= 0.3 is 5.97 Å². The van der Waals surface area contributed by atoms with Gasteiger partial charge in [-0.25, -0.2) is 0 Å². The number of aliphatic hydroxyl groups is 8. The van der Waals surface area contributed by atoms with E-state index in [0.29, 0.717) is 13.2 Å². The van der Waals surface area contributed by atoms with E-state index in [1.807, 2.05) is 102 Å². The van der Waals surface area contributed by atoms with E-state index < -0.39 is 85.2 Å². The van der Waals surface area contributed by atoms with Gasteiger partial charge in [-0.3, -0.25) is 4.79 Å². The third-order valence-corrected chi connectivity index (χ3v) is 11.7. The van der Waals surface area contributed by atoms with Crippen LogP contribution in [0.5, 0.6) is 0 Å². The number of hydrogen-bond acceptors (Lipinski definition) is 18. The minimum absolute atomic E-state index is 0.0276. The maximum absolute atomic E-state index is 11.1. The molecule has 18 heteroatoms. The zero-order chi connectivity index (χ0) is 47.6. The molecular formula is C46H72O18. The molecule has 5 aliphatic heterocycles. The molecule has 7 rings (SSSR count). The molecule has 64 heavy (non-hydrogen) atoms. The number of carbonyl (C=O) groups is 1. The zero-order valence-electron chi connectivity index (χ0n) is 38.4. The molecule has 5 heterocycles. The summed E-state index contributed by atoms with van der Waals surface area (Å²) in [5.41, 5.74) is 2.05. The lowest BCUT2D eigenvalue weighted by Gasteiger charge is -2.41. The Hall–Kier alpha value is -2.73. The van der Waals surface area contributed by atoms with Crippen LogP contribution in [0.15, 0.2) is 60.7 Å². The van der Waals surface area contributed by atoms with Crippen molar-refractivity contribution in [1.29, 1.82) is 0 Å². The zero-order valence-corrected chi connectivity index (χ0v) is 38.4. The van der Waals surface area contributed by atoms with Gasteiger partial charge in [-0.2, -0.15) is 0 Å².